The Morgan fingerprint density at radius 2 is 1.46 bits per heavy atom. The molecule has 2 heterocycles. The summed E-state index contributed by atoms with van der Waals surface area (Å²) in [4.78, 5) is 26.8. The lowest BCUT2D eigenvalue weighted by Gasteiger charge is -2.37. The van der Waals surface area contributed by atoms with Crippen LogP contribution in [0.2, 0.25) is 0 Å². The van der Waals surface area contributed by atoms with E-state index in [0.717, 1.165) is 35.1 Å². The van der Waals surface area contributed by atoms with Crippen LogP contribution in [0.3, 0.4) is 0 Å². The second-order valence-electron chi connectivity index (χ2n) is 13.0. The Bertz CT molecular complexity index is 1860. The highest BCUT2D eigenvalue weighted by Gasteiger charge is 2.42. The third kappa shape index (κ3) is 8.02. The summed E-state index contributed by atoms with van der Waals surface area (Å²) in [6, 6.07) is 25.3. The summed E-state index contributed by atoms with van der Waals surface area (Å²) in [5, 5.41) is 11.3. The lowest BCUT2D eigenvalue weighted by molar-refractivity contribution is -0.0946. The van der Waals surface area contributed by atoms with Crippen molar-refractivity contribution >= 4 is 0 Å². The molecule has 0 aliphatic carbocycles. The molecule has 1 saturated heterocycles. The number of aliphatic hydroxyl groups is 1. The minimum absolute atomic E-state index is 0.00556. The molecule has 1 aliphatic rings. The van der Waals surface area contributed by atoms with E-state index in [-0.39, 0.29) is 25.1 Å². The standard InChI is InChI=1S/C41H48N2O7/c1-28(2)11-10-12-29(3)23-24-42-39(45)30(4)26-43(40(42)46)38-25-36(44)37(50-38)27-49-41(31-13-8-7-9-14-31,32-15-19-34(47-5)20-16-32)33-17-21-35(48-6)22-18-33/h7-9,11,13-23,26,36-38,44H,10,12,24-25,27H2,1-6H3/b29-23+/t36-,37-,38-/m1/s1. The van der Waals surface area contributed by atoms with E-state index in [2.05, 4.69) is 19.9 Å². The third-order valence-electron chi connectivity index (χ3n) is 9.23. The number of rotatable bonds is 14. The summed E-state index contributed by atoms with van der Waals surface area (Å²) in [5.41, 5.74) is 3.42. The fraction of sp³-hybridized carbons (Fsp3) is 0.366. The number of benzene rings is 3. The highest BCUT2D eigenvalue weighted by Crippen LogP contribution is 2.42. The van der Waals surface area contributed by atoms with Gasteiger partial charge in [-0.15, -0.1) is 0 Å². The van der Waals surface area contributed by atoms with Crippen molar-refractivity contribution in [3.63, 3.8) is 0 Å². The topological polar surface area (TPSA) is 101 Å². The Morgan fingerprint density at radius 1 is 0.880 bits per heavy atom. The number of nitrogens with zero attached hydrogens (tertiary/aromatic N) is 2. The van der Waals surface area contributed by atoms with Gasteiger partial charge in [0.15, 0.2) is 0 Å². The van der Waals surface area contributed by atoms with Gasteiger partial charge in [0.25, 0.3) is 5.56 Å². The highest BCUT2D eigenvalue weighted by molar-refractivity contribution is 5.49. The van der Waals surface area contributed by atoms with Gasteiger partial charge in [-0.05, 0) is 81.5 Å². The minimum Gasteiger partial charge on any atom is -0.497 e. The van der Waals surface area contributed by atoms with Gasteiger partial charge in [-0.2, -0.15) is 0 Å². The fourth-order valence-corrected chi connectivity index (χ4v) is 6.38. The quantitative estimate of drug-likeness (QED) is 0.117. The Morgan fingerprint density at radius 3 is 2.02 bits per heavy atom. The van der Waals surface area contributed by atoms with Crippen LogP contribution in [0.4, 0.5) is 0 Å². The smallest absolute Gasteiger partial charge is 0.333 e. The van der Waals surface area contributed by atoms with Crippen molar-refractivity contribution < 1.29 is 24.1 Å². The van der Waals surface area contributed by atoms with Gasteiger partial charge in [-0.3, -0.25) is 13.9 Å². The van der Waals surface area contributed by atoms with Crippen molar-refractivity contribution in [1.29, 1.82) is 0 Å². The Labute approximate surface area is 294 Å². The van der Waals surface area contributed by atoms with Crippen molar-refractivity contribution in [2.75, 3.05) is 20.8 Å². The van der Waals surface area contributed by atoms with Crippen molar-refractivity contribution in [2.24, 2.45) is 0 Å². The first kappa shape index (κ1) is 36.6. The lowest BCUT2D eigenvalue weighted by atomic mass is 9.80. The maximum Gasteiger partial charge on any atom is 0.333 e. The lowest BCUT2D eigenvalue weighted by Crippen LogP contribution is -2.42. The van der Waals surface area contributed by atoms with E-state index >= 15 is 0 Å². The van der Waals surface area contributed by atoms with Crippen molar-refractivity contribution in [3.8, 4) is 11.5 Å². The first-order chi connectivity index (χ1) is 24.1. The molecule has 5 rings (SSSR count). The maximum absolute atomic E-state index is 13.7. The van der Waals surface area contributed by atoms with Crippen LogP contribution in [0.15, 0.2) is 118 Å². The summed E-state index contributed by atoms with van der Waals surface area (Å²) < 4.78 is 26.9. The van der Waals surface area contributed by atoms with E-state index in [1.54, 1.807) is 21.1 Å². The van der Waals surface area contributed by atoms with E-state index in [1.165, 1.54) is 20.9 Å². The van der Waals surface area contributed by atoms with Gasteiger partial charge in [0.05, 0.1) is 26.9 Å². The second-order valence-corrected chi connectivity index (χ2v) is 13.0. The van der Waals surface area contributed by atoms with Crippen LogP contribution in [-0.2, 0) is 21.6 Å². The molecule has 9 heteroatoms. The number of aliphatic hydroxyl groups excluding tert-OH is 1. The van der Waals surface area contributed by atoms with Crippen LogP contribution in [0.1, 0.15) is 68.5 Å². The minimum atomic E-state index is -1.10. The van der Waals surface area contributed by atoms with Crippen molar-refractivity contribution in [2.45, 2.75) is 77.5 Å². The van der Waals surface area contributed by atoms with E-state index in [9.17, 15) is 14.7 Å². The predicted molar refractivity (Wildman–Crippen MR) is 195 cm³/mol. The van der Waals surface area contributed by atoms with E-state index in [1.807, 2.05) is 91.9 Å². The number of ether oxygens (including phenoxy) is 4. The number of methoxy groups -OCH3 is 2. The van der Waals surface area contributed by atoms with E-state index < -0.39 is 29.7 Å². The zero-order valence-corrected chi connectivity index (χ0v) is 29.8. The van der Waals surface area contributed by atoms with Gasteiger partial charge in [0.1, 0.15) is 29.4 Å². The van der Waals surface area contributed by atoms with Crippen LogP contribution in [-0.4, -0.2) is 47.3 Å². The van der Waals surface area contributed by atoms with Crippen LogP contribution in [0, 0.1) is 6.92 Å². The molecule has 0 bridgehead atoms. The summed E-state index contributed by atoms with van der Waals surface area (Å²) in [6.45, 7) is 7.98. The predicted octanol–water partition coefficient (Wildman–Crippen LogP) is 6.69. The Kier molecular flexibility index (Phi) is 12.0. The largest absolute Gasteiger partial charge is 0.497 e. The average Bonchev–Trinajstić information content (AvgIpc) is 3.50. The second kappa shape index (κ2) is 16.3. The highest BCUT2D eigenvalue weighted by atomic mass is 16.6. The van der Waals surface area contributed by atoms with Gasteiger partial charge in [0.2, 0.25) is 0 Å². The third-order valence-corrected chi connectivity index (χ3v) is 9.23. The van der Waals surface area contributed by atoms with Crippen LogP contribution in [0.5, 0.6) is 11.5 Å². The monoisotopic (exact) mass is 680 g/mol. The van der Waals surface area contributed by atoms with Crippen LogP contribution >= 0.6 is 0 Å². The van der Waals surface area contributed by atoms with Crippen LogP contribution < -0.4 is 20.7 Å². The molecule has 0 radical (unpaired) electrons. The molecular formula is C41H48N2O7. The molecule has 3 atom stereocenters. The molecule has 1 fully saturated rings. The molecular weight excluding hydrogens is 632 g/mol. The number of hydrogen-bond acceptors (Lipinski definition) is 7. The molecule has 0 amide bonds. The van der Waals surface area contributed by atoms with Crippen molar-refractivity contribution in [3.05, 3.63) is 151 Å². The number of aromatic nitrogens is 2. The van der Waals surface area contributed by atoms with E-state index in [0.29, 0.717) is 17.1 Å². The maximum atomic E-state index is 13.7. The molecule has 9 nitrogen and oxygen atoms in total. The number of allylic oxidation sites excluding steroid dienone is 4. The fourth-order valence-electron chi connectivity index (χ4n) is 6.38. The molecule has 50 heavy (non-hydrogen) atoms. The molecule has 0 unspecified atom stereocenters. The van der Waals surface area contributed by atoms with Gasteiger partial charge >= 0.3 is 5.69 Å². The molecule has 1 N–H and O–H groups in total. The SMILES string of the molecule is COc1ccc(C(OC[C@H]2O[C@@H](n3cc(C)c(=O)n(C/C=C(\C)CCC=C(C)C)c3=O)C[C@H]2O)(c2ccccc2)c2ccc(OC)cc2)cc1. The van der Waals surface area contributed by atoms with Crippen molar-refractivity contribution in [1.82, 2.24) is 9.13 Å². The van der Waals surface area contributed by atoms with Gasteiger partial charge in [-0.25, -0.2) is 4.79 Å². The molecule has 264 valence electrons. The Balaban J connectivity index is 1.45. The first-order valence-electron chi connectivity index (χ1n) is 17.0. The summed E-state index contributed by atoms with van der Waals surface area (Å²) in [5.74, 6) is 1.42. The summed E-state index contributed by atoms with van der Waals surface area (Å²) in [7, 11) is 3.25. The summed E-state index contributed by atoms with van der Waals surface area (Å²) in [6.07, 6.45) is 5.05. The first-order valence-corrected chi connectivity index (χ1v) is 17.0. The van der Waals surface area contributed by atoms with Gasteiger partial charge in [0, 0.05) is 24.7 Å². The molecule has 3 aromatic carbocycles. The molecule has 1 aromatic heterocycles. The Hall–Kier alpha value is -4.70. The molecule has 0 saturated carbocycles. The van der Waals surface area contributed by atoms with Crippen LogP contribution in [0.25, 0.3) is 0 Å². The van der Waals surface area contributed by atoms with Gasteiger partial charge < -0.3 is 24.1 Å². The van der Waals surface area contributed by atoms with Gasteiger partial charge in [-0.1, -0.05) is 77.9 Å². The molecule has 4 aromatic rings. The molecule has 0 spiro atoms. The van der Waals surface area contributed by atoms with E-state index in [4.69, 9.17) is 18.9 Å². The number of aryl methyl sites for hydroxylation is 1. The number of hydrogen-bond donors (Lipinski definition) is 1. The average molecular weight is 681 g/mol. The summed E-state index contributed by atoms with van der Waals surface area (Å²) >= 11 is 0. The zero-order valence-electron chi connectivity index (χ0n) is 29.8. The zero-order chi connectivity index (χ0) is 35.8. The molecule has 1 aliphatic heterocycles. The normalized spacial score (nSPS) is 17.8.